The van der Waals surface area contributed by atoms with Gasteiger partial charge in [-0.2, -0.15) is 0 Å². The van der Waals surface area contributed by atoms with Gasteiger partial charge in [0, 0.05) is 0 Å². The smallest absolute Gasteiger partial charge is 0.00343 e. The van der Waals surface area contributed by atoms with Gasteiger partial charge in [0.05, 0.1) is 0 Å². The van der Waals surface area contributed by atoms with E-state index in [-0.39, 0.29) is 0 Å². The van der Waals surface area contributed by atoms with Crippen molar-refractivity contribution >= 4 is 0 Å². The summed E-state index contributed by atoms with van der Waals surface area (Å²) in [5, 5.41) is 0. The fraction of sp³-hybridized carbons (Fsp3) is 0.571. The van der Waals surface area contributed by atoms with Crippen molar-refractivity contribution in [2.45, 2.75) is 43.9 Å². The number of hydrogen-bond acceptors (Lipinski definition) is 1. The predicted molar refractivity (Wildman–Crippen MR) is 63.1 cm³/mol. The zero-order valence-electron chi connectivity index (χ0n) is 9.26. The molecule has 0 heterocycles. The maximum atomic E-state index is 5.70. The maximum Gasteiger partial charge on any atom is -0.00343 e. The molecule has 1 nitrogen and oxygen atoms in total. The minimum atomic E-state index is 0.479. The lowest BCUT2D eigenvalue weighted by Crippen LogP contribution is -2.13. The molecule has 1 aromatic rings. The Balaban J connectivity index is 1.93. The summed E-state index contributed by atoms with van der Waals surface area (Å²) in [7, 11) is 0. The van der Waals surface area contributed by atoms with Crippen molar-refractivity contribution in [3.8, 4) is 0 Å². The lowest BCUT2D eigenvalue weighted by Gasteiger charge is -2.15. The summed E-state index contributed by atoms with van der Waals surface area (Å²) in [5.41, 5.74) is 10.9. The van der Waals surface area contributed by atoms with Crippen LogP contribution in [0.3, 0.4) is 0 Å². The van der Waals surface area contributed by atoms with Crippen LogP contribution in [0.4, 0.5) is 0 Å². The highest BCUT2D eigenvalue weighted by Gasteiger charge is 2.43. The van der Waals surface area contributed by atoms with Crippen LogP contribution in [0.1, 0.15) is 42.4 Å². The standard InChI is InChI=1S/C14H19N/c15-9-8-14(6-7-14)13-5-4-11-2-1-3-12(11)10-13/h4-5,10H,1-3,6-9,15H2. The lowest BCUT2D eigenvalue weighted by atomic mass is 9.90. The SMILES string of the molecule is NCCC1(c2ccc3c(c2)CCC3)CC1. The lowest BCUT2D eigenvalue weighted by molar-refractivity contribution is 0.628. The van der Waals surface area contributed by atoms with E-state index in [0.29, 0.717) is 5.41 Å². The summed E-state index contributed by atoms with van der Waals surface area (Å²) in [6.07, 6.45) is 7.81. The normalized spacial score (nSPS) is 21.4. The van der Waals surface area contributed by atoms with Gasteiger partial charge in [0.25, 0.3) is 0 Å². The van der Waals surface area contributed by atoms with Gasteiger partial charge in [-0.1, -0.05) is 18.2 Å². The molecular formula is C14H19N. The number of nitrogens with two attached hydrogens (primary N) is 1. The van der Waals surface area contributed by atoms with Crippen LogP contribution >= 0.6 is 0 Å². The van der Waals surface area contributed by atoms with E-state index in [1.165, 1.54) is 38.5 Å². The zero-order chi connectivity index (χ0) is 10.3. The molecular weight excluding hydrogens is 182 g/mol. The first-order chi connectivity index (χ1) is 7.34. The molecule has 2 N–H and O–H groups in total. The van der Waals surface area contributed by atoms with E-state index in [2.05, 4.69) is 18.2 Å². The monoisotopic (exact) mass is 201 g/mol. The molecule has 0 aromatic heterocycles. The van der Waals surface area contributed by atoms with Crippen LogP contribution in [0.25, 0.3) is 0 Å². The third kappa shape index (κ3) is 1.50. The third-order valence-corrected chi connectivity index (χ3v) is 4.19. The highest BCUT2D eigenvalue weighted by atomic mass is 14.6. The van der Waals surface area contributed by atoms with Gasteiger partial charge in [0.1, 0.15) is 0 Å². The van der Waals surface area contributed by atoms with Crippen molar-refractivity contribution < 1.29 is 0 Å². The molecule has 15 heavy (non-hydrogen) atoms. The van der Waals surface area contributed by atoms with Crippen LogP contribution in [0, 0.1) is 0 Å². The third-order valence-electron chi connectivity index (χ3n) is 4.19. The van der Waals surface area contributed by atoms with Gasteiger partial charge in [-0.3, -0.25) is 0 Å². The second-order valence-corrected chi connectivity index (χ2v) is 5.16. The summed E-state index contributed by atoms with van der Waals surface area (Å²) in [6, 6.07) is 7.17. The summed E-state index contributed by atoms with van der Waals surface area (Å²) < 4.78 is 0. The molecule has 0 aliphatic heterocycles. The van der Waals surface area contributed by atoms with Crippen LogP contribution in [0.5, 0.6) is 0 Å². The van der Waals surface area contributed by atoms with E-state index in [0.717, 1.165) is 6.54 Å². The first-order valence-electron chi connectivity index (χ1n) is 6.16. The van der Waals surface area contributed by atoms with Gasteiger partial charge in [-0.15, -0.1) is 0 Å². The molecule has 0 spiro atoms. The van der Waals surface area contributed by atoms with Crippen LogP contribution in [-0.2, 0) is 18.3 Å². The molecule has 0 atom stereocenters. The molecule has 0 amide bonds. The van der Waals surface area contributed by atoms with Gasteiger partial charge >= 0.3 is 0 Å². The van der Waals surface area contributed by atoms with Gasteiger partial charge in [0.15, 0.2) is 0 Å². The number of aryl methyl sites for hydroxylation is 2. The Morgan fingerprint density at radius 3 is 2.67 bits per heavy atom. The minimum absolute atomic E-state index is 0.479. The Morgan fingerprint density at radius 1 is 1.13 bits per heavy atom. The topological polar surface area (TPSA) is 26.0 Å². The quantitative estimate of drug-likeness (QED) is 0.799. The Morgan fingerprint density at radius 2 is 1.93 bits per heavy atom. The number of benzene rings is 1. The Labute approximate surface area is 91.7 Å². The molecule has 0 unspecified atom stereocenters. The van der Waals surface area contributed by atoms with E-state index >= 15 is 0 Å². The molecule has 0 saturated heterocycles. The molecule has 80 valence electrons. The molecule has 1 heteroatoms. The highest BCUT2D eigenvalue weighted by Crippen LogP contribution is 2.51. The van der Waals surface area contributed by atoms with Crippen molar-refractivity contribution in [3.05, 3.63) is 34.9 Å². The first-order valence-corrected chi connectivity index (χ1v) is 6.16. The zero-order valence-corrected chi connectivity index (χ0v) is 9.26. The second kappa shape index (κ2) is 3.34. The van der Waals surface area contributed by atoms with Crippen molar-refractivity contribution in [1.29, 1.82) is 0 Å². The van der Waals surface area contributed by atoms with Crippen LogP contribution in [0.15, 0.2) is 18.2 Å². The Hall–Kier alpha value is -0.820. The Bertz CT molecular complexity index is 377. The van der Waals surface area contributed by atoms with Crippen molar-refractivity contribution in [2.24, 2.45) is 5.73 Å². The minimum Gasteiger partial charge on any atom is -0.330 e. The summed E-state index contributed by atoms with van der Waals surface area (Å²) in [4.78, 5) is 0. The molecule has 2 aliphatic rings. The summed E-state index contributed by atoms with van der Waals surface area (Å²) >= 11 is 0. The average Bonchev–Trinajstić information content (AvgIpc) is 2.89. The van der Waals surface area contributed by atoms with Crippen LogP contribution in [-0.4, -0.2) is 6.54 Å². The molecule has 2 aliphatic carbocycles. The Kier molecular flexibility index (Phi) is 2.10. The van der Waals surface area contributed by atoms with Crippen molar-refractivity contribution in [3.63, 3.8) is 0 Å². The predicted octanol–water partition coefficient (Wildman–Crippen LogP) is 2.56. The van der Waals surface area contributed by atoms with E-state index in [4.69, 9.17) is 5.73 Å². The highest BCUT2D eigenvalue weighted by molar-refractivity contribution is 5.41. The van der Waals surface area contributed by atoms with Crippen LogP contribution in [0.2, 0.25) is 0 Å². The average molecular weight is 201 g/mol. The molecule has 1 saturated carbocycles. The summed E-state index contributed by atoms with van der Waals surface area (Å²) in [5.74, 6) is 0. The molecule has 1 fully saturated rings. The number of fused-ring (bicyclic) bond motifs is 1. The van der Waals surface area contributed by atoms with E-state index in [1.54, 1.807) is 16.7 Å². The summed E-state index contributed by atoms with van der Waals surface area (Å²) in [6.45, 7) is 0.830. The van der Waals surface area contributed by atoms with E-state index in [9.17, 15) is 0 Å². The molecule has 0 radical (unpaired) electrons. The van der Waals surface area contributed by atoms with Gasteiger partial charge in [0.2, 0.25) is 0 Å². The number of hydrogen-bond donors (Lipinski definition) is 1. The molecule has 0 bridgehead atoms. The van der Waals surface area contributed by atoms with Gasteiger partial charge in [-0.05, 0) is 67.2 Å². The van der Waals surface area contributed by atoms with Crippen molar-refractivity contribution in [2.75, 3.05) is 6.54 Å². The second-order valence-electron chi connectivity index (χ2n) is 5.16. The fourth-order valence-corrected chi connectivity index (χ4v) is 3.01. The maximum absolute atomic E-state index is 5.70. The van der Waals surface area contributed by atoms with E-state index < -0.39 is 0 Å². The molecule has 1 aromatic carbocycles. The van der Waals surface area contributed by atoms with Gasteiger partial charge < -0.3 is 5.73 Å². The fourth-order valence-electron chi connectivity index (χ4n) is 3.01. The van der Waals surface area contributed by atoms with Crippen molar-refractivity contribution in [1.82, 2.24) is 0 Å². The largest absolute Gasteiger partial charge is 0.330 e. The first kappa shape index (κ1) is 9.41. The van der Waals surface area contributed by atoms with Gasteiger partial charge in [-0.25, -0.2) is 0 Å². The number of rotatable bonds is 3. The van der Waals surface area contributed by atoms with Crippen LogP contribution < -0.4 is 5.73 Å². The molecule has 3 rings (SSSR count). The van der Waals surface area contributed by atoms with E-state index in [1.807, 2.05) is 0 Å².